The Hall–Kier alpha value is -0.650. The van der Waals surface area contributed by atoms with Gasteiger partial charge >= 0.3 is 5.97 Å². The summed E-state index contributed by atoms with van der Waals surface area (Å²) in [7, 11) is 0. The number of carbonyl (C=O) groups is 1. The molecule has 5 heteroatoms. The Morgan fingerprint density at radius 2 is 1.90 bits per heavy atom. The molecule has 2 unspecified atom stereocenters. The summed E-state index contributed by atoms with van der Waals surface area (Å²) < 4.78 is 10.7. The summed E-state index contributed by atoms with van der Waals surface area (Å²) in [5.41, 5.74) is -0.636. The van der Waals surface area contributed by atoms with Crippen molar-refractivity contribution in [2.24, 2.45) is 0 Å². The van der Waals surface area contributed by atoms with Crippen LogP contribution in [0.5, 0.6) is 0 Å². The van der Waals surface area contributed by atoms with Crippen LogP contribution in [-0.4, -0.2) is 61.9 Å². The van der Waals surface area contributed by atoms with E-state index in [0.717, 1.165) is 39.3 Å². The second kappa shape index (κ2) is 11.0. The molecular weight excluding hydrogens is 268 g/mol. The molecule has 0 spiro atoms. The van der Waals surface area contributed by atoms with Gasteiger partial charge in [-0.25, -0.2) is 0 Å². The maximum atomic E-state index is 12.2. The van der Waals surface area contributed by atoms with Gasteiger partial charge in [-0.2, -0.15) is 0 Å². The van der Waals surface area contributed by atoms with Gasteiger partial charge in [0.15, 0.2) is 0 Å². The lowest BCUT2D eigenvalue weighted by Crippen LogP contribution is -2.54. The molecule has 0 aromatic carbocycles. The highest BCUT2D eigenvalue weighted by Crippen LogP contribution is 2.18. The van der Waals surface area contributed by atoms with Gasteiger partial charge in [0.1, 0.15) is 5.54 Å². The van der Waals surface area contributed by atoms with E-state index in [-0.39, 0.29) is 12.0 Å². The van der Waals surface area contributed by atoms with Crippen molar-refractivity contribution in [1.82, 2.24) is 10.2 Å². The Morgan fingerprint density at radius 3 is 2.38 bits per heavy atom. The van der Waals surface area contributed by atoms with E-state index in [1.165, 1.54) is 0 Å². The molecule has 0 saturated heterocycles. The van der Waals surface area contributed by atoms with Gasteiger partial charge in [0.05, 0.1) is 13.2 Å². The van der Waals surface area contributed by atoms with E-state index in [1.54, 1.807) is 0 Å². The average molecular weight is 302 g/mol. The summed E-state index contributed by atoms with van der Waals surface area (Å²) in [4.78, 5) is 14.6. The highest BCUT2D eigenvalue weighted by atomic mass is 16.5. The molecule has 0 saturated carbocycles. The number of esters is 1. The minimum Gasteiger partial charge on any atom is -0.465 e. The van der Waals surface area contributed by atoms with Gasteiger partial charge in [-0.15, -0.1) is 0 Å². The van der Waals surface area contributed by atoms with Crippen LogP contribution in [0.25, 0.3) is 0 Å². The summed E-state index contributed by atoms with van der Waals surface area (Å²) in [6, 6.07) is 0.281. The van der Waals surface area contributed by atoms with Gasteiger partial charge < -0.3 is 14.8 Å². The molecule has 0 radical (unpaired) electrons. The Balaban J connectivity index is 4.68. The highest BCUT2D eigenvalue weighted by Gasteiger charge is 2.36. The summed E-state index contributed by atoms with van der Waals surface area (Å²) in [5, 5.41) is 3.29. The van der Waals surface area contributed by atoms with Crippen molar-refractivity contribution < 1.29 is 14.3 Å². The van der Waals surface area contributed by atoms with E-state index in [9.17, 15) is 4.79 Å². The van der Waals surface area contributed by atoms with Crippen LogP contribution in [-0.2, 0) is 14.3 Å². The Bertz CT molecular complexity index is 287. The van der Waals surface area contributed by atoms with Gasteiger partial charge in [0.25, 0.3) is 0 Å². The van der Waals surface area contributed by atoms with Crippen LogP contribution in [0, 0.1) is 0 Å². The molecule has 1 N–H and O–H groups in total. The standard InChI is InChI=1S/C16H34N2O3/c1-7-17-16(6,15(19)21-10-4)13-14(5)18(8-2)11-12-20-9-3/h14,17H,7-13H2,1-6H3. The summed E-state index contributed by atoms with van der Waals surface area (Å²) in [6.07, 6.45) is 0.722. The first-order valence-electron chi connectivity index (χ1n) is 8.19. The lowest BCUT2D eigenvalue weighted by atomic mass is 9.92. The second-order valence-electron chi connectivity index (χ2n) is 5.46. The molecule has 0 heterocycles. The molecule has 5 nitrogen and oxygen atoms in total. The summed E-state index contributed by atoms with van der Waals surface area (Å²) in [5.74, 6) is -0.167. The van der Waals surface area contributed by atoms with Crippen LogP contribution in [0.3, 0.4) is 0 Å². The van der Waals surface area contributed by atoms with Crippen molar-refractivity contribution in [3.8, 4) is 0 Å². The van der Waals surface area contributed by atoms with E-state index < -0.39 is 5.54 Å². The minimum atomic E-state index is -0.636. The zero-order valence-electron chi connectivity index (χ0n) is 14.7. The van der Waals surface area contributed by atoms with Crippen molar-refractivity contribution in [2.45, 2.75) is 59.5 Å². The Kier molecular flexibility index (Phi) is 10.6. The van der Waals surface area contributed by atoms with Crippen LogP contribution < -0.4 is 5.32 Å². The topological polar surface area (TPSA) is 50.8 Å². The molecule has 2 atom stereocenters. The maximum absolute atomic E-state index is 12.2. The van der Waals surface area contributed by atoms with E-state index in [4.69, 9.17) is 9.47 Å². The van der Waals surface area contributed by atoms with Gasteiger partial charge in [0, 0.05) is 19.2 Å². The molecule has 0 amide bonds. The average Bonchev–Trinajstić information content (AvgIpc) is 2.44. The van der Waals surface area contributed by atoms with Crippen LogP contribution in [0.1, 0.15) is 48.0 Å². The number of nitrogens with zero attached hydrogens (tertiary/aromatic N) is 1. The second-order valence-corrected chi connectivity index (χ2v) is 5.46. The number of ether oxygens (including phenoxy) is 2. The third-order valence-corrected chi connectivity index (χ3v) is 3.75. The van der Waals surface area contributed by atoms with Crippen LogP contribution in [0.2, 0.25) is 0 Å². The SMILES string of the molecule is CCNC(C)(CC(C)N(CC)CCOCC)C(=O)OCC. The number of carbonyl (C=O) groups excluding carboxylic acids is 1. The number of hydrogen-bond acceptors (Lipinski definition) is 5. The monoisotopic (exact) mass is 302 g/mol. The minimum absolute atomic E-state index is 0.167. The first kappa shape index (κ1) is 20.3. The fraction of sp³-hybridized carbons (Fsp3) is 0.938. The number of likely N-dealkylation sites (N-methyl/N-ethyl adjacent to an activating group) is 2. The third kappa shape index (κ3) is 7.25. The quantitative estimate of drug-likeness (QED) is 0.442. The zero-order valence-corrected chi connectivity index (χ0v) is 14.7. The lowest BCUT2D eigenvalue weighted by Gasteiger charge is -2.35. The molecule has 0 bridgehead atoms. The van der Waals surface area contributed by atoms with Gasteiger partial charge in [0.2, 0.25) is 0 Å². The first-order chi connectivity index (χ1) is 9.95. The summed E-state index contributed by atoms with van der Waals surface area (Å²) in [6.45, 7) is 16.5. The lowest BCUT2D eigenvalue weighted by molar-refractivity contribution is -0.151. The molecule has 0 rings (SSSR count). The highest BCUT2D eigenvalue weighted by molar-refractivity contribution is 5.80. The van der Waals surface area contributed by atoms with Crippen LogP contribution >= 0.6 is 0 Å². The maximum Gasteiger partial charge on any atom is 0.326 e. The molecular formula is C16H34N2O3. The molecule has 0 aromatic heterocycles. The predicted octanol–water partition coefficient (Wildman–Crippen LogP) is 2.05. The van der Waals surface area contributed by atoms with E-state index in [0.29, 0.717) is 6.61 Å². The molecule has 21 heavy (non-hydrogen) atoms. The van der Waals surface area contributed by atoms with Crippen molar-refractivity contribution >= 4 is 5.97 Å². The zero-order chi connectivity index (χ0) is 16.3. The van der Waals surface area contributed by atoms with Crippen molar-refractivity contribution in [2.75, 3.05) is 39.5 Å². The number of nitrogens with one attached hydrogen (secondary N) is 1. The van der Waals surface area contributed by atoms with Gasteiger partial charge in [-0.1, -0.05) is 13.8 Å². The summed E-state index contributed by atoms with van der Waals surface area (Å²) >= 11 is 0. The number of rotatable bonds is 12. The molecule has 0 aliphatic rings. The van der Waals surface area contributed by atoms with Gasteiger partial charge in [-0.3, -0.25) is 9.69 Å². The van der Waals surface area contributed by atoms with E-state index >= 15 is 0 Å². The van der Waals surface area contributed by atoms with Crippen molar-refractivity contribution in [1.29, 1.82) is 0 Å². The Labute approximate surface area is 130 Å². The molecule has 0 fully saturated rings. The van der Waals surface area contributed by atoms with Crippen LogP contribution in [0.4, 0.5) is 0 Å². The molecule has 0 aliphatic heterocycles. The number of hydrogen-bond donors (Lipinski definition) is 1. The van der Waals surface area contributed by atoms with Crippen molar-refractivity contribution in [3.05, 3.63) is 0 Å². The molecule has 126 valence electrons. The predicted molar refractivity (Wildman–Crippen MR) is 86.5 cm³/mol. The smallest absolute Gasteiger partial charge is 0.326 e. The normalized spacial score (nSPS) is 15.8. The fourth-order valence-corrected chi connectivity index (χ4v) is 2.64. The van der Waals surface area contributed by atoms with E-state index in [2.05, 4.69) is 24.1 Å². The first-order valence-corrected chi connectivity index (χ1v) is 8.19. The molecule has 0 aliphatic carbocycles. The van der Waals surface area contributed by atoms with Crippen molar-refractivity contribution in [3.63, 3.8) is 0 Å². The Morgan fingerprint density at radius 1 is 1.24 bits per heavy atom. The van der Waals surface area contributed by atoms with E-state index in [1.807, 2.05) is 27.7 Å². The van der Waals surface area contributed by atoms with Crippen LogP contribution in [0.15, 0.2) is 0 Å². The fourth-order valence-electron chi connectivity index (χ4n) is 2.64. The van der Waals surface area contributed by atoms with Gasteiger partial charge in [-0.05, 0) is 47.2 Å². The molecule has 0 aromatic rings. The largest absolute Gasteiger partial charge is 0.465 e. The third-order valence-electron chi connectivity index (χ3n) is 3.75.